The molecule has 0 fully saturated rings. The molecule has 0 aliphatic carbocycles. The minimum Gasteiger partial charge on any atom is -0.444 e. The van der Waals surface area contributed by atoms with E-state index in [0.717, 1.165) is 0 Å². The fourth-order valence-corrected chi connectivity index (χ4v) is 0.661. The number of carbonyl (C=O) groups is 3. The second-order valence-corrected chi connectivity index (χ2v) is 3.76. The molecule has 0 unspecified atom stereocenters. The monoisotopic (exact) mass is 201 g/mol. The molecule has 1 amide bonds. The summed E-state index contributed by atoms with van der Waals surface area (Å²) in [6.07, 6.45) is -0.351. The number of rotatable bonds is 4. The summed E-state index contributed by atoms with van der Waals surface area (Å²) in [5.74, 6) is -0.541. The topological polar surface area (TPSA) is 72.5 Å². The van der Waals surface area contributed by atoms with Crippen molar-refractivity contribution in [2.45, 2.75) is 32.8 Å². The molecule has 0 radical (unpaired) electrons. The third kappa shape index (κ3) is 7.27. The van der Waals surface area contributed by atoms with E-state index in [0.29, 0.717) is 0 Å². The molecule has 1 N–H and O–H groups in total. The number of Topliss-reactive ketones (excluding diaryl/α,β-unsaturated/α-hetero) is 1. The van der Waals surface area contributed by atoms with Crippen molar-refractivity contribution in [3.05, 3.63) is 0 Å². The summed E-state index contributed by atoms with van der Waals surface area (Å²) in [6, 6.07) is 0. The fourth-order valence-electron chi connectivity index (χ4n) is 0.661. The molecule has 0 spiro atoms. The van der Waals surface area contributed by atoms with Crippen LogP contribution in [0.3, 0.4) is 0 Å². The molecule has 0 rings (SSSR count). The van der Waals surface area contributed by atoms with Crippen LogP contribution in [0.15, 0.2) is 0 Å². The zero-order valence-corrected chi connectivity index (χ0v) is 8.62. The largest absolute Gasteiger partial charge is 0.444 e. The van der Waals surface area contributed by atoms with Crippen molar-refractivity contribution in [1.82, 2.24) is 5.32 Å². The lowest BCUT2D eigenvalue weighted by Gasteiger charge is -2.19. The van der Waals surface area contributed by atoms with E-state index in [2.05, 4.69) is 5.32 Å². The quantitative estimate of drug-likeness (QED) is 0.536. The summed E-state index contributed by atoms with van der Waals surface area (Å²) in [4.78, 5) is 31.4. The Bertz CT molecular complexity index is 229. The van der Waals surface area contributed by atoms with Crippen LogP contribution in [0.25, 0.3) is 0 Å². The number of ether oxygens (including phenoxy) is 1. The van der Waals surface area contributed by atoms with Crippen LogP contribution in [0, 0.1) is 0 Å². The van der Waals surface area contributed by atoms with E-state index in [1.165, 1.54) is 0 Å². The first-order chi connectivity index (χ1) is 6.35. The van der Waals surface area contributed by atoms with Crippen molar-refractivity contribution in [2.75, 3.05) is 6.54 Å². The average molecular weight is 201 g/mol. The number of aldehydes is 1. The Morgan fingerprint density at radius 3 is 2.36 bits per heavy atom. The van der Waals surface area contributed by atoms with E-state index in [9.17, 15) is 14.4 Å². The number of amides is 1. The van der Waals surface area contributed by atoms with Crippen LogP contribution in [0.2, 0.25) is 0 Å². The maximum Gasteiger partial charge on any atom is 0.407 e. The molecular weight excluding hydrogens is 186 g/mol. The molecular formula is C9H15NO4. The molecule has 14 heavy (non-hydrogen) atoms. The fraction of sp³-hybridized carbons (Fsp3) is 0.667. The number of alkyl carbamates (subject to hydrolysis) is 1. The predicted molar refractivity (Wildman–Crippen MR) is 49.9 cm³/mol. The lowest BCUT2D eigenvalue weighted by Crippen LogP contribution is -2.33. The molecule has 0 saturated heterocycles. The molecule has 0 aliphatic rings. The van der Waals surface area contributed by atoms with Gasteiger partial charge >= 0.3 is 6.09 Å². The van der Waals surface area contributed by atoms with Gasteiger partial charge in [-0.3, -0.25) is 9.59 Å². The van der Waals surface area contributed by atoms with Crippen LogP contribution in [0.4, 0.5) is 4.79 Å². The van der Waals surface area contributed by atoms with Crippen LogP contribution in [-0.4, -0.2) is 30.3 Å². The maximum absolute atomic E-state index is 11.0. The number of hydrogen-bond donors (Lipinski definition) is 1. The van der Waals surface area contributed by atoms with Gasteiger partial charge in [0.15, 0.2) is 12.1 Å². The van der Waals surface area contributed by atoms with E-state index in [1.54, 1.807) is 20.8 Å². The highest BCUT2D eigenvalue weighted by Gasteiger charge is 2.15. The lowest BCUT2D eigenvalue weighted by molar-refractivity contribution is -0.129. The van der Waals surface area contributed by atoms with Crippen LogP contribution >= 0.6 is 0 Å². The van der Waals surface area contributed by atoms with E-state index in [1.807, 2.05) is 0 Å². The second-order valence-electron chi connectivity index (χ2n) is 3.76. The highest BCUT2D eigenvalue weighted by Crippen LogP contribution is 2.06. The maximum atomic E-state index is 11.0. The number of hydrogen-bond acceptors (Lipinski definition) is 4. The normalized spacial score (nSPS) is 10.5. The van der Waals surface area contributed by atoms with Crippen molar-refractivity contribution in [3.8, 4) is 0 Å². The number of ketones is 1. The standard InChI is InChI=1S/C9H15NO4/c1-9(2,3)14-8(13)10-5-4-7(12)6-11/h6H,4-5H2,1-3H3,(H,10,13). The first-order valence-corrected chi connectivity index (χ1v) is 4.30. The van der Waals surface area contributed by atoms with Gasteiger partial charge in [0.05, 0.1) is 0 Å². The van der Waals surface area contributed by atoms with Gasteiger partial charge in [-0.15, -0.1) is 0 Å². The third-order valence-corrected chi connectivity index (χ3v) is 1.17. The number of nitrogens with one attached hydrogen (secondary N) is 1. The van der Waals surface area contributed by atoms with Gasteiger partial charge in [0.1, 0.15) is 5.60 Å². The summed E-state index contributed by atoms with van der Waals surface area (Å²) < 4.78 is 4.90. The van der Waals surface area contributed by atoms with Gasteiger partial charge in [0.25, 0.3) is 0 Å². The van der Waals surface area contributed by atoms with Crippen LogP contribution in [-0.2, 0) is 14.3 Å². The molecule has 0 bridgehead atoms. The Labute approximate surface area is 82.8 Å². The predicted octanol–water partition coefficient (Wildman–Crippen LogP) is 0.669. The third-order valence-electron chi connectivity index (χ3n) is 1.17. The first kappa shape index (κ1) is 12.6. The second kappa shape index (κ2) is 5.36. The minimum absolute atomic E-state index is 0.00272. The highest BCUT2D eigenvalue weighted by atomic mass is 16.6. The van der Waals surface area contributed by atoms with E-state index in [4.69, 9.17) is 4.74 Å². The van der Waals surface area contributed by atoms with Crippen molar-refractivity contribution in [3.63, 3.8) is 0 Å². The van der Waals surface area contributed by atoms with Crippen LogP contribution in [0.5, 0.6) is 0 Å². The van der Waals surface area contributed by atoms with Gasteiger partial charge < -0.3 is 10.1 Å². The van der Waals surface area contributed by atoms with Crippen molar-refractivity contribution in [2.24, 2.45) is 0 Å². The Hall–Kier alpha value is -1.39. The average Bonchev–Trinajstić information content (AvgIpc) is 2.00. The van der Waals surface area contributed by atoms with E-state index in [-0.39, 0.29) is 19.3 Å². The Kier molecular flexibility index (Phi) is 4.83. The molecule has 0 aromatic rings. The Balaban J connectivity index is 3.65. The summed E-state index contributed by atoms with van der Waals surface area (Å²) in [5.41, 5.74) is -0.557. The van der Waals surface area contributed by atoms with Crippen molar-refractivity contribution >= 4 is 18.2 Å². The lowest BCUT2D eigenvalue weighted by atomic mass is 10.2. The van der Waals surface area contributed by atoms with Gasteiger partial charge in [0.2, 0.25) is 0 Å². The molecule has 0 atom stereocenters. The SMILES string of the molecule is CC(C)(C)OC(=O)NCCC(=O)C=O. The van der Waals surface area contributed by atoms with Crippen LogP contribution in [0.1, 0.15) is 27.2 Å². The Morgan fingerprint density at radius 2 is 1.93 bits per heavy atom. The van der Waals surface area contributed by atoms with Gasteiger partial charge in [-0.2, -0.15) is 0 Å². The summed E-state index contributed by atoms with van der Waals surface area (Å²) in [6.45, 7) is 5.34. The van der Waals surface area contributed by atoms with Gasteiger partial charge in [-0.1, -0.05) is 0 Å². The van der Waals surface area contributed by atoms with Gasteiger partial charge in [-0.05, 0) is 20.8 Å². The summed E-state index contributed by atoms with van der Waals surface area (Å²) >= 11 is 0. The molecule has 0 aromatic carbocycles. The number of carbonyl (C=O) groups excluding carboxylic acids is 3. The summed E-state index contributed by atoms with van der Waals surface area (Å²) in [7, 11) is 0. The molecule has 0 saturated carbocycles. The first-order valence-electron chi connectivity index (χ1n) is 4.30. The van der Waals surface area contributed by atoms with E-state index >= 15 is 0 Å². The van der Waals surface area contributed by atoms with Crippen molar-refractivity contribution in [1.29, 1.82) is 0 Å². The molecule has 0 heterocycles. The smallest absolute Gasteiger partial charge is 0.407 e. The molecule has 5 heteroatoms. The molecule has 0 aliphatic heterocycles. The minimum atomic E-state index is -0.587. The molecule has 5 nitrogen and oxygen atoms in total. The van der Waals surface area contributed by atoms with Crippen molar-refractivity contribution < 1.29 is 19.1 Å². The van der Waals surface area contributed by atoms with Gasteiger partial charge in [0, 0.05) is 13.0 Å². The Morgan fingerprint density at radius 1 is 1.36 bits per heavy atom. The molecule has 80 valence electrons. The zero-order valence-electron chi connectivity index (χ0n) is 8.62. The van der Waals surface area contributed by atoms with Gasteiger partial charge in [-0.25, -0.2) is 4.79 Å². The highest BCUT2D eigenvalue weighted by molar-refractivity contribution is 6.24. The zero-order chi connectivity index (χ0) is 11.2. The summed E-state index contributed by atoms with van der Waals surface area (Å²) in [5, 5.41) is 2.36. The van der Waals surface area contributed by atoms with E-state index < -0.39 is 17.5 Å². The molecule has 0 aromatic heterocycles. The van der Waals surface area contributed by atoms with Crippen LogP contribution < -0.4 is 5.32 Å².